The van der Waals surface area contributed by atoms with Crippen molar-refractivity contribution < 1.29 is 13.7 Å². The Kier molecular flexibility index (Phi) is 5.00. The van der Waals surface area contributed by atoms with Gasteiger partial charge in [0.2, 0.25) is 0 Å². The number of amides is 1. The molecule has 0 N–H and O–H groups in total. The molecule has 0 radical (unpaired) electrons. The number of ether oxygens (including phenoxy) is 1. The molecule has 7 heteroatoms. The summed E-state index contributed by atoms with van der Waals surface area (Å²) >= 11 is 0. The van der Waals surface area contributed by atoms with Crippen LogP contribution in [0.15, 0.2) is 59.6 Å². The Morgan fingerprint density at radius 1 is 1.07 bits per heavy atom. The van der Waals surface area contributed by atoms with Gasteiger partial charge in [0, 0.05) is 36.3 Å². The van der Waals surface area contributed by atoms with Crippen molar-refractivity contribution in [3.8, 4) is 0 Å². The molecule has 1 saturated heterocycles. The molecule has 2 aromatic carbocycles. The topological polar surface area (TPSA) is 62.7 Å². The summed E-state index contributed by atoms with van der Waals surface area (Å²) in [6.45, 7) is 3.64. The van der Waals surface area contributed by atoms with E-state index in [0.29, 0.717) is 19.7 Å². The predicted octanol–water partition coefficient (Wildman–Crippen LogP) is 4.19. The highest BCUT2D eigenvalue weighted by atomic mass is 32.2. The van der Waals surface area contributed by atoms with Crippen molar-refractivity contribution in [2.45, 2.75) is 37.3 Å². The molecule has 6 nitrogen and oxygen atoms in total. The Morgan fingerprint density at radius 2 is 1.83 bits per heavy atom. The number of pyridine rings is 1. The van der Waals surface area contributed by atoms with E-state index < -0.39 is 11.0 Å². The third-order valence-corrected chi connectivity index (χ3v) is 7.46. The lowest BCUT2D eigenvalue weighted by Gasteiger charge is -2.40. The molecule has 0 aliphatic carbocycles. The van der Waals surface area contributed by atoms with Crippen molar-refractivity contribution in [1.29, 1.82) is 0 Å². The van der Waals surface area contributed by atoms with Gasteiger partial charge in [-0.3, -0.25) is 9.88 Å². The summed E-state index contributed by atoms with van der Waals surface area (Å²) in [4.78, 5) is 19.6. The van der Waals surface area contributed by atoms with Crippen molar-refractivity contribution in [1.82, 2.24) is 9.29 Å². The average Bonchev–Trinajstić information content (AvgIpc) is 2.79. The first kappa shape index (κ1) is 19.2. The second-order valence-electron chi connectivity index (χ2n) is 7.75. The molecule has 1 unspecified atom stereocenters. The zero-order valence-corrected chi connectivity index (χ0v) is 17.6. The van der Waals surface area contributed by atoms with Gasteiger partial charge in [0.05, 0.1) is 16.1 Å². The third kappa shape index (κ3) is 3.28. The van der Waals surface area contributed by atoms with Crippen LogP contribution in [-0.4, -0.2) is 38.7 Å². The highest BCUT2D eigenvalue weighted by Gasteiger charge is 2.36. The Bertz CT molecular complexity index is 1140. The smallest absolute Gasteiger partial charge is 0.414 e. The number of fused-ring (bicyclic) bond motifs is 2. The molecular formula is C23H23N3O3S. The normalized spacial score (nSPS) is 18.8. The molecule has 5 rings (SSSR count). The highest BCUT2D eigenvalue weighted by molar-refractivity contribution is 7.83. The number of aryl methyl sites for hydroxylation is 1. The minimum atomic E-state index is -1.29. The number of rotatable bonds is 3. The van der Waals surface area contributed by atoms with E-state index in [1.807, 2.05) is 64.7 Å². The standard InChI is InChI=1S/C23H23N3O3S/c1-16-5-2-7-18-15-29-23(27)26(22(16)18)19-10-13-25(14-11-19)30(28)20-9-3-6-17-8-4-12-24-21(17)20/h2-9,12,19H,10-11,13-15H2,1H3. The molecule has 154 valence electrons. The summed E-state index contributed by atoms with van der Waals surface area (Å²) in [6, 6.07) is 15.7. The number of aromatic nitrogens is 1. The second-order valence-corrected chi connectivity index (χ2v) is 9.20. The van der Waals surface area contributed by atoms with E-state index in [4.69, 9.17) is 4.74 Å². The number of cyclic esters (lactones) is 1. The van der Waals surface area contributed by atoms with Crippen LogP contribution in [0.2, 0.25) is 0 Å². The highest BCUT2D eigenvalue weighted by Crippen LogP contribution is 2.35. The molecule has 3 aromatic rings. The van der Waals surface area contributed by atoms with Crippen LogP contribution in [0.25, 0.3) is 10.9 Å². The molecule has 2 aliphatic rings. The largest absolute Gasteiger partial charge is 0.444 e. The van der Waals surface area contributed by atoms with Crippen molar-refractivity contribution in [3.05, 3.63) is 65.9 Å². The van der Waals surface area contributed by atoms with Gasteiger partial charge in [0.25, 0.3) is 0 Å². The van der Waals surface area contributed by atoms with E-state index in [1.54, 1.807) is 6.20 Å². The Hall–Kier alpha value is -2.77. The Labute approximate surface area is 178 Å². The van der Waals surface area contributed by atoms with Gasteiger partial charge >= 0.3 is 6.09 Å². The quantitative estimate of drug-likeness (QED) is 0.636. The first-order chi connectivity index (χ1) is 14.6. The van der Waals surface area contributed by atoms with Gasteiger partial charge in [-0.15, -0.1) is 0 Å². The monoisotopic (exact) mass is 421 g/mol. The number of piperidine rings is 1. The molecule has 2 aliphatic heterocycles. The summed E-state index contributed by atoms with van der Waals surface area (Å²) < 4.78 is 20.7. The molecule has 1 fully saturated rings. The van der Waals surface area contributed by atoms with Gasteiger partial charge in [0.1, 0.15) is 17.6 Å². The fourth-order valence-electron chi connectivity index (χ4n) is 4.44. The van der Waals surface area contributed by atoms with Gasteiger partial charge in [0.15, 0.2) is 0 Å². The van der Waals surface area contributed by atoms with Crippen LogP contribution in [-0.2, 0) is 22.3 Å². The number of carbonyl (C=O) groups excluding carboxylic acids is 1. The van der Waals surface area contributed by atoms with Crippen LogP contribution in [0.1, 0.15) is 24.0 Å². The summed E-state index contributed by atoms with van der Waals surface area (Å²) in [5, 5.41) is 0.987. The van der Waals surface area contributed by atoms with Crippen molar-refractivity contribution in [3.63, 3.8) is 0 Å². The third-order valence-electron chi connectivity index (χ3n) is 5.92. The van der Waals surface area contributed by atoms with Crippen LogP contribution < -0.4 is 4.90 Å². The maximum Gasteiger partial charge on any atom is 0.414 e. The Morgan fingerprint density at radius 3 is 2.67 bits per heavy atom. The van der Waals surface area contributed by atoms with Crippen LogP contribution in [0.3, 0.4) is 0 Å². The van der Waals surface area contributed by atoms with Crippen LogP contribution in [0, 0.1) is 6.92 Å². The van der Waals surface area contributed by atoms with Gasteiger partial charge in [-0.05, 0) is 37.5 Å². The summed E-state index contributed by atoms with van der Waals surface area (Å²) in [5.41, 5.74) is 3.88. The first-order valence-electron chi connectivity index (χ1n) is 10.2. The number of carbonyl (C=O) groups is 1. The number of anilines is 1. The van der Waals surface area contributed by atoms with Crippen LogP contribution >= 0.6 is 0 Å². The molecule has 0 saturated carbocycles. The number of hydrogen-bond acceptors (Lipinski definition) is 4. The first-order valence-corrected chi connectivity index (χ1v) is 11.3. The molecule has 0 bridgehead atoms. The van der Waals surface area contributed by atoms with E-state index in [0.717, 1.165) is 45.5 Å². The molecule has 30 heavy (non-hydrogen) atoms. The zero-order chi connectivity index (χ0) is 20.7. The maximum absolute atomic E-state index is 13.3. The van der Waals surface area contributed by atoms with E-state index in [-0.39, 0.29) is 12.1 Å². The number of para-hydroxylation sites is 2. The minimum absolute atomic E-state index is 0.0385. The van der Waals surface area contributed by atoms with E-state index >= 15 is 0 Å². The summed E-state index contributed by atoms with van der Waals surface area (Å²) in [7, 11) is -1.29. The number of hydrogen-bond donors (Lipinski definition) is 0. The van der Waals surface area contributed by atoms with Gasteiger partial charge in [-0.1, -0.05) is 36.4 Å². The van der Waals surface area contributed by atoms with Crippen molar-refractivity contribution >= 4 is 33.7 Å². The number of nitrogens with zero attached hydrogens (tertiary/aromatic N) is 3. The van der Waals surface area contributed by atoms with E-state index in [1.165, 1.54) is 0 Å². The number of benzene rings is 2. The Balaban J connectivity index is 1.36. The zero-order valence-electron chi connectivity index (χ0n) is 16.8. The lowest BCUT2D eigenvalue weighted by atomic mass is 10.00. The maximum atomic E-state index is 13.3. The van der Waals surface area contributed by atoms with Gasteiger partial charge in [-0.25, -0.2) is 13.3 Å². The SMILES string of the molecule is Cc1cccc2c1N(C1CCN(S(=O)c3cccc4cccnc34)CC1)C(=O)OC2. The van der Waals surface area contributed by atoms with Gasteiger partial charge in [-0.2, -0.15) is 0 Å². The minimum Gasteiger partial charge on any atom is -0.444 e. The van der Waals surface area contributed by atoms with Crippen LogP contribution in [0.4, 0.5) is 10.5 Å². The summed E-state index contributed by atoms with van der Waals surface area (Å²) in [5.74, 6) is 0. The molecule has 3 heterocycles. The van der Waals surface area contributed by atoms with E-state index in [2.05, 4.69) is 4.98 Å². The molecule has 1 amide bonds. The lowest BCUT2D eigenvalue weighted by Crippen LogP contribution is -2.50. The fourth-order valence-corrected chi connectivity index (χ4v) is 5.79. The van der Waals surface area contributed by atoms with Crippen molar-refractivity contribution in [2.75, 3.05) is 18.0 Å². The van der Waals surface area contributed by atoms with E-state index in [9.17, 15) is 9.00 Å². The molecule has 1 aromatic heterocycles. The molecular weight excluding hydrogens is 398 g/mol. The average molecular weight is 422 g/mol. The second kappa shape index (κ2) is 7.81. The fraction of sp³-hybridized carbons (Fsp3) is 0.304. The van der Waals surface area contributed by atoms with Gasteiger partial charge < -0.3 is 4.74 Å². The lowest BCUT2D eigenvalue weighted by molar-refractivity contribution is 0.136. The van der Waals surface area contributed by atoms with Crippen molar-refractivity contribution in [2.24, 2.45) is 0 Å². The molecule has 1 atom stereocenters. The molecule has 0 spiro atoms. The van der Waals surface area contributed by atoms with Crippen LogP contribution in [0.5, 0.6) is 0 Å². The predicted molar refractivity (Wildman–Crippen MR) is 117 cm³/mol. The summed E-state index contributed by atoms with van der Waals surface area (Å²) in [6.07, 6.45) is 2.94.